The maximum Gasteiger partial charge on any atom is 0.340 e. The van der Waals surface area contributed by atoms with Crippen molar-refractivity contribution < 1.29 is 13.9 Å². The minimum absolute atomic E-state index is 0.0347. The second-order valence-electron chi connectivity index (χ2n) is 6.17. The summed E-state index contributed by atoms with van der Waals surface area (Å²) in [5, 5.41) is -0.0347. The van der Waals surface area contributed by atoms with E-state index in [0.29, 0.717) is 23.6 Å². The van der Waals surface area contributed by atoms with Crippen LogP contribution in [0.4, 0.5) is 10.1 Å². The minimum atomic E-state index is -0.662. The lowest BCUT2D eigenvalue weighted by Crippen LogP contribution is -2.31. The van der Waals surface area contributed by atoms with Crippen LogP contribution in [-0.2, 0) is 17.8 Å². The maximum absolute atomic E-state index is 14.4. The van der Waals surface area contributed by atoms with Crippen LogP contribution in [0.1, 0.15) is 30.1 Å². The van der Waals surface area contributed by atoms with E-state index in [1.165, 1.54) is 6.07 Å². The fourth-order valence-corrected chi connectivity index (χ4v) is 4.47. The summed E-state index contributed by atoms with van der Waals surface area (Å²) in [4.78, 5) is 29.0. The zero-order valence-electron chi connectivity index (χ0n) is 14.9. The van der Waals surface area contributed by atoms with Gasteiger partial charge in [-0.1, -0.05) is 11.6 Å². The number of aromatic nitrogens is 2. The molecule has 27 heavy (non-hydrogen) atoms. The van der Waals surface area contributed by atoms with Gasteiger partial charge >= 0.3 is 10.8 Å². The number of ether oxygens (including phenoxy) is 1. The Kier molecular flexibility index (Phi) is 6.44. The average molecular weight is 432 g/mol. The summed E-state index contributed by atoms with van der Waals surface area (Å²) < 4.78 is 23.1. The Morgan fingerprint density at radius 2 is 2.11 bits per heavy atom. The van der Waals surface area contributed by atoms with Gasteiger partial charge in [-0.3, -0.25) is 9.48 Å². The van der Waals surface area contributed by atoms with Gasteiger partial charge in [0.15, 0.2) is 0 Å². The van der Waals surface area contributed by atoms with Gasteiger partial charge in [0.25, 0.3) is 0 Å². The molecule has 1 atom stereocenters. The molecule has 1 unspecified atom stereocenters. The highest BCUT2D eigenvalue weighted by molar-refractivity contribution is 7.98. The lowest BCUT2D eigenvalue weighted by Gasteiger charge is -2.16. The number of hydrogen-bond donors (Lipinski definition) is 0. The van der Waals surface area contributed by atoms with E-state index in [0.717, 1.165) is 30.2 Å². The molecule has 1 aromatic carbocycles. The molecule has 146 valence electrons. The molecule has 0 amide bonds. The van der Waals surface area contributed by atoms with E-state index in [1.54, 1.807) is 28.0 Å². The first-order valence-corrected chi connectivity index (χ1v) is 11.0. The minimum Gasteiger partial charge on any atom is -0.458 e. The number of rotatable bonds is 5. The summed E-state index contributed by atoms with van der Waals surface area (Å²) in [6.45, 7) is 3.05. The van der Waals surface area contributed by atoms with Gasteiger partial charge in [0, 0.05) is 18.8 Å². The summed E-state index contributed by atoms with van der Waals surface area (Å²) in [7, 11) is 0. The van der Waals surface area contributed by atoms with Crippen molar-refractivity contribution in [3.63, 3.8) is 0 Å². The fraction of sp³-hybridized carbons (Fsp3) is 0.471. The topological polar surface area (TPSA) is 65.6 Å². The molecule has 1 aliphatic rings. The Morgan fingerprint density at radius 3 is 2.81 bits per heavy atom. The Morgan fingerprint density at radius 1 is 1.41 bits per heavy atom. The number of fused-ring (bicyclic) bond motifs is 1. The summed E-state index contributed by atoms with van der Waals surface area (Å²) in [6, 6.07) is 2.32. The highest BCUT2D eigenvalue weighted by Crippen LogP contribution is 2.27. The van der Waals surface area contributed by atoms with Crippen LogP contribution in [0.25, 0.3) is 0 Å². The molecular formula is C17H19ClFN3O3S2. The van der Waals surface area contributed by atoms with Crippen molar-refractivity contribution in [3.8, 4) is 0 Å². The van der Waals surface area contributed by atoms with Gasteiger partial charge in [0.2, 0.25) is 4.80 Å². The van der Waals surface area contributed by atoms with Crippen LogP contribution in [0.2, 0.25) is 5.02 Å². The lowest BCUT2D eigenvalue weighted by molar-refractivity contribution is 0.0386. The quantitative estimate of drug-likeness (QED) is 0.680. The summed E-state index contributed by atoms with van der Waals surface area (Å²) in [5.41, 5.74) is 0.00165. The Hall–Kier alpha value is -1.58. The normalized spacial score (nSPS) is 15.5. The average Bonchev–Trinajstić information content (AvgIpc) is 2.93. The second kappa shape index (κ2) is 8.62. The molecule has 0 spiro atoms. The number of benzene rings is 1. The number of esters is 1. The van der Waals surface area contributed by atoms with Crippen molar-refractivity contribution in [3.05, 3.63) is 43.0 Å². The van der Waals surface area contributed by atoms with Crippen LogP contribution < -0.4 is 9.67 Å². The molecule has 2 aromatic rings. The summed E-state index contributed by atoms with van der Waals surface area (Å²) in [5.74, 6) is -0.647. The predicted octanol–water partition coefficient (Wildman–Crippen LogP) is 3.44. The van der Waals surface area contributed by atoms with E-state index in [9.17, 15) is 14.0 Å². The molecule has 3 rings (SSSR count). The molecule has 0 fully saturated rings. The van der Waals surface area contributed by atoms with Gasteiger partial charge in [-0.05, 0) is 49.5 Å². The molecule has 0 saturated heterocycles. The first kappa shape index (κ1) is 20.2. The zero-order chi connectivity index (χ0) is 19.6. The third-order valence-electron chi connectivity index (χ3n) is 4.07. The first-order chi connectivity index (χ1) is 12.9. The molecule has 10 heteroatoms. The molecule has 0 N–H and O–H groups in total. The van der Waals surface area contributed by atoms with Crippen LogP contribution in [-0.4, -0.2) is 33.4 Å². The van der Waals surface area contributed by atoms with Crippen LogP contribution in [0.15, 0.2) is 21.9 Å². The van der Waals surface area contributed by atoms with Crippen LogP contribution >= 0.6 is 34.7 Å². The van der Waals surface area contributed by atoms with E-state index >= 15 is 0 Å². The smallest absolute Gasteiger partial charge is 0.340 e. The molecule has 0 saturated carbocycles. The monoisotopic (exact) mass is 431 g/mol. The lowest BCUT2D eigenvalue weighted by atomic mass is 10.2. The van der Waals surface area contributed by atoms with E-state index in [2.05, 4.69) is 4.99 Å². The largest absolute Gasteiger partial charge is 0.458 e. The number of carbonyl (C=O) groups is 1. The summed E-state index contributed by atoms with van der Waals surface area (Å²) in [6.07, 6.45) is 3.47. The Balaban J connectivity index is 2.00. The molecule has 0 bridgehead atoms. The molecule has 0 radical (unpaired) electrons. The standard InChI is InChI=1S/C17H19ClFN3O3S2/c1-10(9-26-2)25-15(23)11-7-14(13(19)8-12(11)18)20-16-21-5-3-4-6-22(21)17(24)27-16/h7-8,10H,3-6,9H2,1-2H3/b20-16+. The van der Waals surface area contributed by atoms with Crippen LogP contribution in [0, 0.1) is 5.82 Å². The van der Waals surface area contributed by atoms with Gasteiger partial charge < -0.3 is 4.74 Å². The second-order valence-corrected chi connectivity index (χ2v) is 8.41. The number of thioether (sulfide) groups is 1. The summed E-state index contributed by atoms with van der Waals surface area (Å²) >= 11 is 8.54. The third kappa shape index (κ3) is 4.47. The molecular weight excluding hydrogens is 413 g/mol. The van der Waals surface area contributed by atoms with Gasteiger partial charge in [-0.25, -0.2) is 18.9 Å². The van der Waals surface area contributed by atoms with E-state index in [-0.39, 0.29) is 27.3 Å². The van der Waals surface area contributed by atoms with Crippen LogP contribution in [0.5, 0.6) is 0 Å². The molecule has 6 nitrogen and oxygen atoms in total. The number of hydrogen-bond acceptors (Lipinski definition) is 6. The third-order valence-corrected chi connectivity index (χ3v) is 6.06. The fourth-order valence-electron chi connectivity index (χ4n) is 2.81. The van der Waals surface area contributed by atoms with Crippen molar-refractivity contribution in [2.75, 3.05) is 12.0 Å². The zero-order valence-corrected chi connectivity index (χ0v) is 17.3. The van der Waals surface area contributed by atoms with Gasteiger partial charge in [-0.2, -0.15) is 11.8 Å². The first-order valence-electron chi connectivity index (χ1n) is 8.45. The van der Waals surface area contributed by atoms with Crippen molar-refractivity contribution in [2.24, 2.45) is 4.99 Å². The molecule has 2 heterocycles. The number of nitrogens with zero attached hydrogens (tertiary/aromatic N) is 3. The molecule has 0 aliphatic carbocycles. The Bertz CT molecular complexity index is 983. The highest BCUT2D eigenvalue weighted by atomic mass is 35.5. The molecule has 1 aromatic heterocycles. The van der Waals surface area contributed by atoms with E-state index in [1.807, 2.05) is 6.26 Å². The maximum atomic E-state index is 14.4. The van der Waals surface area contributed by atoms with Crippen molar-refractivity contribution in [1.29, 1.82) is 0 Å². The Labute approximate surface area is 168 Å². The molecule has 1 aliphatic heterocycles. The number of halogens is 2. The van der Waals surface area contributed by atoms with E-state index < -0.39 is 11.8 Å². The van der Waals surface area contributed by atoms with Gasteiger partial charge in [0.05, 0.1) is 10.6 Å². The predicted molar refractivity (Wildman–Crippen MR) is 106 cm³/mol. The SMILES string of the molecule is CSCC(C)OC(=O)c1cc(/N=c2/sc(=O)n3n2CCCC3)c(F)cc1Cl. The number of carbonyl (C=O) groups excluding carboxylic acids is 1. The van der Waals surface area contributed by atoms with Gasteiger partial charge in [-0.15, -0.1) is 0 Å². The van der Waals surface area contributed by atoms with Gasteiger partial charge in [0.1, 0.15) is 17.6 Å². The van der Waals surface area contributed by atoms with E-state index in [4.69, 9.17) is 16.3 Å². The van der Waals surface area contributed by atoms with Crippen LogP contribution in [0.3, 0.4) is 0 Å². The van der Waals surface area contributed by atoms with Crippen molar-refractivity contribution >= 4 is 46.4 Å². The van der Waals surface area contributed by atoms with Crippen molar-refractivity contribution in [1.82, 2.24) is 9.36 Å². The highest BCUT2D eigenvalue weighted by Gasteiger charge is 2.19. The van der Waals surface area contributed by atoms with Crippen molar-refractivity contribution in [2.45, 2.75) is 39.0 Å².